The number of anilines is 1. The van der Waals surface area contributed by atoms with Crippen molar-refractivity contribution in [2.24, 2.45) is 13.0 Å². The fourth-order valence-corrected chi connectivity index (χ4v) is 5.22. The number of sulfonamides is 1. The van der Waals surface area contributed by atoms with Crippen LogP contribution in [0.15, 0.2) is 17.3 Å². The molecule has 1 atom stereocenters. The number of piperidine rings is 1. The zero-order chi connectivity index (χ0) is 22.1. The third kappa shape index (κ3) is 4.24. The van der Waals surface area contributed by atoms with Crippen LogP contribution in [0.1, 0.15) is 35.9 Å². The van der Waals surface area contributed by atoms with Crippen molar-refractivity contribution in [1.29, 1.82) is 0 Å². The molecular weight excluding hydrogens is 410 g/mol. The highest BCUT2D eigenvalue weighted by molar-refractivity contribution is 7.89. The van der Waals surface area contributed by atoms with Gasteiger partial charge in [-0.25, -0.2) is 8.42 Å². The standard InChI is InChI=1S/C18H27N7O4S/c1-5-24-11-15(12(2)21-24)30(28,29)25-8-6-7-13(9-25)17(26)20-14-10-23(4)22-16(14)18(27)19-3/h10-11,13H,5-9H2,1-4H3,(H,19,27)(H,20,26)/t13-/m1/s1. The van der Waals surface area contributed by atoms with E-state index in [0.29, 0.717) is 37.3 Å². The Morgan fingerprint density at radius 1 is 1.27 bits per heavy atom. The number of hydrogen-bond acceptors (Lipinski definition) is 6. The second-order valence-electron chi connectivity index (χ2n) is 7.27. The van der Waals surface area contributed by atoms with Crippen LogP contribution in [0.25, 0.3) is 0 Å². The van der Waals surface area contributed by atoms with E-state index in [1.54, 1.807) is 24.9 Å². The first-order chi connectivity index (χ1) is 14.2. The van der Waals surface area contributed by atoms with E-state index in [1.165, 1.54) is 22.2 Å². The van der Waals surface area contributed by atoms with E-state index in [4.69, 9.17) is 0 Å². The lowest BCUT2D eigenvalue weighted by Crippen LogP contribution is -2.43. The average molecular weight is 438 g/mol. The monoisotopic (exact) mass is 437 g/mol. The second kappa shape index (κ2) is 8.56. The molecule has 164 valence electrons. The van der Waals surface area contributed by atoms with Crippen LogP contribution in [-0.2, 0) is 28.4 Å². The van der Waals surface area contributed by atoms with Crippen LogP contribution >= 0.6 is 0 Å². The van der Waals surface area contributed by atoms with Crippen LogP contribution in [0.4, 0.5) is 5.69 Å². The molecule has 11 nitrogen and oxygen atoms in total. The summed E-state index contributed by atoms with van der Waals surface area (Å²) in [5.41, 5.74) is 0.840. The number of hydrogen-bond donors (Lipinski definition) is 2. The average Bonchev–Trinajstić information content (AvgIpc) is 3.29. The van der Waals surface area contributed by atoms with Crippen LogP contribution in [0, 0.1) is 12.8 Å². The lowest BCUT2D eigenvalue weighted by atomic mass is 9.99. The van der Waals surface area contributed by atoms with Gasteiger partial charge < -0.3 is 10.6 Å². The summed E-state index contributed by atoms with van der Waals surface area (Å²) in [5, 5.41) is 13.5. The zero-order valence-corrected chi connectivity index (χ0v) is 18.4. The van der Waals surface area contributed by atoms with E-state index < -0.39 is 21.8 Å². The smallest absolute Gasteiger partial charge is 0.273 e. The van der Waals surface area contributed by atoms with Gasteiger partial charge in [0.15, 0.2) is 5.69 Å². The van der Waals surface area contributed by atoms with Crippen LogP contribution < -0.4 is 10.6 Å². The summed E-state index contributed by atoms with van der Waals surface area (Å²) >= 11 is 0. The molecule has 1 saturated heterocycles. The van der Waals surface area contributed by atoms with Crippen molar-refractivity contribution in [3.8, 4) is 0 Å². The van der Waals surface area contributed by atoms with E-state index in [1.807, 2.05) is 6.92 Å². The summed E-state index contributed by atoms with van der Waals surface area (Å²) in [6.07, 6.45) is 4.19. The summed E-state index contributed by atoms with van der Waals surface area (Å²) < 4.78 is 30.6. The first kappa shape index (κ1) is 22.0. The van der Waals surface area contributed by atoms with Gasteiger partial charge in [0.05, 0.1) is 17.3 Å². The maximum atomic E-state index is 13.1. The lowest BCUT2D eigenvalue weighted by Gasteiger charge is -2.31. The number of carbonyl (C=O) groups is 2. The quantitative estimate of drug-likeness (QED) is 0.670. The molecule has 0 saturated carbocycles. The number of amides is 2. The predicted octanol–water partition coefficient (Wildman–Crippen LogP) is 0.344. The van der Waals surface area contributed by atoms with Crippen LogP contribution in [0.3, 0.4) is 0 Å². The van der Waals surface area contributed by atoms with Gasteiger partial charge in [0.1, 0.15) is 4.90 Å². The number of aryl methyl sites for hydroxylation is 3. The van der Waals surface area contributed by atoms with Crippen molar-refractivity contribution in [1.82, 2.24) is 29.2 Å². The van der Waals surface area contributed by atoms with Crippen molar-refractivity contribution in [2.45, 2.75) is 38.1 Å². The molecule has 30 heavy (non-hydrogen) atoms. The molecule has 0 radical (unpaired) electrons. The summed E-state index contributed by atoms with van der Waals surface area (Å²) in [6, 6.07) is 0. The molecule has 0 unspecified atom stereocenters. The van der Waals surface area contributed by atoms with Gasteiger partial charge in [-0.3, -0.25) is 19.0 Å². The molecule has 2 N–H and O–H groups in total. The predicted molar refractivity (Wildman–Crippen MR) is 109 cm³/mol. The molecule has 2 aromatic rings. The van der Waals surface area contributed by atoms with Crippen molar-refractivity contribution in [3.63, 3.8) is 0 Å². The maximum absolute atomic E-state index is 13.1. The first-order valence-corrected chi connectivity index (χ1v) is 11.2. The normalized spacial score (nSPS) is 17.7. The Bertz CT molecular complexity index is 1060. The molecule has 0 bridgehead atoms. The van der Waals surface area contributed by atoms with Crippen LogP contribution in [0.5, 0.6) is 0 Å². The van der Waals surface area contributed by atoms with E-state index >= 15 is 0 Å². The summed E-state index contributed by atoms with van der Waals surface area (Å²) in [7, 11) is -0.623. The topological polar surface area (TPSA) is 131 Å². The molecule has 3 rings (SSSR count). The molecule has 0 aromatic carbocycles. The Labute approximate surface area is 175 Å². The molecule has 1 aliphatic heterocycles. The fraction of sp³-hybridized carbons (Fsp3) is 0.556. The number of aromatic nitrogens is 4. The Kier molecular flexibility index (Phi) is 6.27. The molecule has 3 heterocycles. The molecule has 2 amide bonds. The van der Waals surface area contributed by atoms with E-state index in [9.17, 15) is 18.0 Å². The second-order valence-corrected chi connectivity index (χ2v) is 9.18. The van der Waals surface area contributed by atoms with Crippen LogP contribution in [0.2, 0.25) is 0 Å². The van der Waals surface area contributed by atoms with E-state index in [2.05, 4.69) is 20.8 Å². The minimum atomic E-state index is -3.75. The lowest BCUT2D eigenvalue weighted by molar-refractivity contribution is -0.120. The van der Waals surface area contributed by atoms with E-state index in [0.717, 1.165) is 0 Å². The minimum Gasteiger partial charge on any atom is -0.354 e. The van der Waals surface area contributed by atoms with Gasteiger partial charge in [-0.2, -0.15) is 14.5 Å². The summed E-state index contributed by atoms with van der Waals surface area (Å²) in [4.78, 5) is 25.0. The van der Waals surface area contributed by atoms with Gasteiger partial charge in [-0.05, 0) is 26.7 Å². The van der Waals surface area contributed by atoms with Gasteiger partial charge >= 0.3 is 0 Å². The molecule has 0 aliphatic carbocycles. The summed E-state index contributed by atoms with van der Waals surface area (Å²) in [6.45, 7) is 4.53. The molecule has 12 heteroatoms. The van der Waals surface area contributed by atoms with Crippen molar-refractivity contribution >= 4 is 27.5 Å². The molecule has 2 aromatic heterocycles. The van der Waals surface area contributed by atoms with Gasteiger partial charge in [0.2, 0.25) is 15.9 Å². The highest BCUT2D eigenvalue weighted by Gasteiger charge is 2.35. The maximum Gasteiger partial charge on any atom is 0.273 e. The number of nitrogens with zero attached hydrogens (tertiary/aromatic N) is 5. The third-order valence-corrected chi connectivity index (χ3v) is 7.09. The van der Waals surface area contributed by atoms with Crippen molar-refractivity contribution in [2.75, 3.05) is 25.5 Å². The van der Waals surface area contributed by atoms with Gasteiger partial charge in [0, 0.05) is 46.1 Å². The molecule has 0 spiro atoms. The van der Waals surface area contributed by atoms with Crippen molar-refractivity contribution < 1.29 is 18.0 Å². The molecule has 1 fully saturated rings. The third-order valence-electron chi connectivity index (χ3n) is 5.13. The number of carbonyl (C=O) groups excluding carboxylic acids is 2. The Morgan fingerprint density at radius 3 is 2.63 bits per heavy atom. The Morgan fingerprint density at radius 2 is 2.00 bits per heavy atom. The summed E-state index contributed by atoms with van der Waals surface area (Å²) in [5.74, 6) is -1.29. The number of rotatable bonds is 6. The largest absolute Gasteiger partial charge is 0.354 e. The van der Waals surface area contributed by atoms with Gasteiger partial charge in [0.25, 0.3) is 5.91 Å². The SMILES string of the molecule is CCn1cc(S(=O)(=O)N2CCC[C@@H](C(=O)Nc3cn(C)nc3C(=O)NC)C2)c(C)n1. The highest BCUT2D eigenvalue weighted by Crippen LogP contribution is 2.26. The van der Waals surface area contributed by atoms with Crippen molar-refractivity contribution in [3.05, 3.63) is 23.8 Å². The van der Waals surface area contributed by atoms with Gasteiger partial charge in [-0.15, -0.1) is 0 Å². The number of nitrogens with one attached hydrogen (secondary N) is 2. The highest BCUT2D eigenvalue weighted by atomic mass is 32.2. The Hall–Kier alpha value is -2.73. The Balaban J connectivity index is 1.77. The minimum absolute atomic E-state index is 0.0699. The van der Waals surface area contributed by atoms with Gasteiger partial charge in [-0.1, -0.05) is 0 Å². The van der Waals surface area contributed by atoms with E-state index in [-0.39, 0.29) is 23.0 Å². The fourth-order valence-electron chi connectivity index (χ4n) is 3.53. The van der Waals surface area contributed by atoms with Crippen LogP contribution in [-0.4, -0.2) is 64.2 Å². The molecule has 1 aliphatic rings. The zero-order valence-electron chi connectivity index (χ0n) is 17.5. The molecular formula is C18H27N7O4S. The first-order valence-electron chi connectivity index (χ1n) is 9.78.